The minimum atomic E-state index is -3.62. The van der Waals surface area contributed by atoms with Crippen LogP contribution in [-0.2, 0) is 10.0 Å². The van der Waals surface area contributed by atoms with E-state index in [1.165, 1.54) is 31.4 Å². The summed E-state index contributed by atoms with van der Waals surface area (Å²) in [6.07, 6.45) is 6.09. The van der Waals surface area contributed by atoms with Gasteiger partial charge in [0.25, 0.3) is 0 Å². The predicted octanol–water partition coefficient (Wildman–Crippen LogP) is 1.66. The zero-order valence-electron chi connectivity index (χ0n) is 11.6. The summed E-state index contributed by atoms with van der Waals surface area (Å²) in [6, 6.07) is 6.53. The normalized spacial score (nSPS) is 18.7. The molecule has 0 atom stereocenters. The first-order valence-electron chi connectivity index (χ1n) is 7.02. The topological polar surface area (TPSA) is 98.2 Å². The fraction of sp³-hybridized carbons (Fsp3) is 0.571. The molecule has 0 spiro atoms. The van der Waals surface area contributed by atoms with Crippen LogP contribution < -0.4 is 16.2 Å². The van der Waals surface area contributed by atoms with E-state index in [-0.39, 0.29) is 10.3 Å². The highest BCUT2D eigenvalue weighted by atomic mass is 32.2. The van der Waals surface area contributed by atoms with E-state index in [2.05, 4.69) is 5.32 Å². The van der Waals surface area contributed by atoms with Crippen molar-refractivity contribution in [3.63, 3.8) is 0 Å². The fourth-order valence-electron chi connectivity index (χ4n) is 2.81. The molecule has 0 unspecified atom stereocenters. The lowest BCUT2D eigenvalue weighted by atomic mass is 9.74. The van der Waals surface area contributed by atoms with Gasteiger partial charge >= 0.3 is 0 Å². The van der Waals surface area contributed by atoms with Gasteiger partial charge < -0.3 is 11.1 Å². The second-order valence-corrected chi connectivity index (χ2v) is 7.25. The highest BCUT2D eigenvalue weighted by molar-refractivity contribution is 7.89. The van der Waals surface area contributed by atoms with E-state index in [4.69, 9.17) is 10.9 Å². The van der Waals surface area contributed by atoms with E-state index in [9.17, 15) is 8.42 Å². The Kier molecular flexibility index (Phi) is 4.67. The molecular weight excluding hydrogens is 274 g/mol. The van der Waals surface area contributed by atoms with Gasteiger partial charge in [-0.15, -0.1) is 0 Å². The van der Waals surface area contributed by atoms with Gasteiger partial charge in [-0.05, 0) is 49.1 Å². The Morgan fingerprint density at radius 2 is 1.70 bits per heavy atom. The van der Waals surface area contributed by atoms with Crippen LogP contribution in [0.2, 0.25) is 0 Å². The summed E-state index contributed by atoms with van der Waals surface area (Å²) in [5, 5.41) is 8.44. The molecule has 1 aliphatic rings. The Balaban J connectivity index is 2.00. The van der Waals surface area contributed by atoms with Crippen LogP contribution in [0.15, 0.2) is 29.2 Å². The smallest absolute Gasteiger partial charge is 0.238 e. The minimum Gasteiger partial charge on any atom is -0.384 e. The molecule has 5 nitrogen and oxygen atoms in total. The van der Waals surface area contributed by atoms with Crippen LogP contribution in [0.4, 0.5) is 5.69 Å². The van der Waals surface area contributed by atoms with Crippen molar-refractivity contribution in [2.45, 2.75) is 37.0 Å². The monoisotopic (exact) mass is 297 g/mol. The maximum atomic E-state index is 11.2. The molecule has 0 aliphatic heterocycles. The Morgan fingerprint density at radius 1 is 1.10 bits per heavy atom. The van der Waals surface area contributed by atoms with Crippen LogP contribution in [0.3, 0.4) is 0 Å². The summed E-state index contributed by atoms with van der Waals surface area (Å²) in [5.41, 5.74) is 7.02. The molecule has 0 radical (unpaired) electrons. The molecule has 1 saturated carbocycles. The maximum Gasteiger partial charge on any atom is 0.238 e. The van der Waals surface area contributed by atoms with Crippen LogP contribution in [0, 0.1) is 5.41 Å². The van der Waals surface area contributed by atoms with Gasteiger partial charge in [0.2, 0.25) is 10.0 Å². The molecule has 5 N–H and O–H groups in total. The maximum absolute atomic E-state index is 11.2. The third-order valence-electron chi connectivity index (χ3n) is 4.20. The van der Waals surface area contributed by atoms with E-state index in [1.807, 2.05) is 0 Å². The van der Waals surface area contributed by atoms with Crippen molar-refractivity contribution in [3.8, 4) is 0 Å². The van der Waals surface area contributed by atoms with Gasteiger partial charge in [0.15, 0.2) is 0 Å². The molecule has 0 amide bonds. The molecule has 1 aromatic rings. The number of anilines is 1. The standard InChI is InChI=1S/C14H23N3O2S/c15-10-14(8-2-1-3-9-14)11-17-12-4-6-13(7-5-12)20(16,18)19/h4-7,17H,1-3,8-11,15H2,(H2,16,18,19). The third-order valence-corrected chi connectivity index (χ3v) is 5.13. The quantitative estimate of drug-likeness (QED) is 0.769. The summed E-state index contributed by atoms with van der Waals surface area (Å²) in [5.74, 6) is 0. The second-order valence-electron chi connectivity index (χ2n) is 5.69. The first-order chi connectivity index (χ1) is 9.45. The van der Waals surface area contributed by atoms with Crippen molar-refractivity contribution in [3.05, 3.63) is 24.3 Å². The Morgan fingerprint density at radius 3 is 2.20 bits per heavy atom. The van der Waals surface area contributed by atoms with Crippen LogP contribution in [-0.4, -0.2) is 21.5 Å². The lowest BCUT2D eigenvalue weighted by molar-refractivity contribution is 0.215. The zero-order chi connectivity index (χ0) is 14.6. The van der Waals surface area contributed by atoms with Crippen molar-refractivity contribution in [2.24, 2.45) is 16.3 Å². The van der Waals surface area contributed by atoms with Crippen molar-refractivity contribution >= 4 is 15.7 Å². The number of sulfonamides is 1. The van der Waals surface area contributed by atoms with Gasteiger partial charge in [0.1, 0.15) is 0 Å². The van der Waals surface area contributed by atoms with Crippen molar-refractivity contribution in [1.29, 1.82) is 0 Å². The Hall–Kier alpha value is -1.11. The molecule has 1 aliphatic carbocycles. The number of hydrogen-bond donors (Lipinski definition) is 3. The van der Waals surface area contributed by atoms with Gasteiger partial charge in [-0.25, -0.2) is 13.6 Å². The molecule has 2 rings (SSSR count). The molecule has 20 heavy (non-hydrogen) atoms. The summed E-state index contributed by atoms with van der Waals surface area (Å²) in [7, 11) is -3.62. The van der Waals surface area contributed by atoms with Crippen LogP contribution in [0.5, 0.6) is 0 Å². The van der Waals surface area contributed by atoms with Gasteiger partial charge in [-0.3, -0.25) is 0 Å². The number of nitrogens with one attached hydrogen (secondary N) is 1. The zero-order valence-corrected chi connectivity index (χ0v) is 12.5. The molecule has 6 heteroatoms. The molecular formula is C14H23N3O2S. The van der Waals surface area contributed by atoms with Crippen molar-refractivity contribution in [2.75, 3.05) is 18.4 Å². The molecule has 1 fully saturated rings. The average Bonchev–Trinajstić information content (AvgIpc) is 2.46. The van der Waals surface area contributed by atoms with Gasteiger partial charge in [0.05, 0.1) is 4.90 Å². The molecule has 0 saturated heterocycles. The molecule has 0 bridgehead atoms. The number of rotatable bonds is 5. The van der Waals surface area contributed by atoms with E-state index in [0.29, 0.717) is 6.54 Å². The highest BCUT2D eigenvalue weighted by Crippen LogP contribution is 2.35. The molecule has 0 aromatic heterocycles. The van der Waals surface area contributed by atoms with E-state index in [0.717, 1.165) is 25.1 Å². The average molecular weight is 297 g/mol. The third kappa shape index (κ3) is 3.71. The summed E-state index contributed by atoms with van der Waals surface area (Å²) in [6.45, 7) is 1.52. The van der Waals surface area contributed by atoms with E-state index < -0.39 is 10.0 Å². The highest BCUT2D eigenvalue weighted by Gasteiger charge is 2.30. The first kappa shape index (κ1) is 15.3. The Labute approximate surface area is 120 Å². The fourth-order valence-corrected chi connectivity index (χ4v) is 3.32. The van der Waals surface area contributed by atoms with Crippen molar-refractivity contribution < 1.29 is 8.42 Å². The number of benzene rings is 1. The summed E-state index contributed by atoms with van der Waals surface area (Å²) < 4.78 is 22.4. The first-order valence-corrected chi connectivity index (χ1v) is 8.57. The van der Waals surface area contributed by atoms with Crippen molar-refractivity contribution in [1.82, 2.24) is 0 Å². The molecule has 0 heterocycles. The predicted molar refractivity (Wildman–Crippen MR) is 80.9 cm³/mol. The van der Waals surface area contributed by atoms with Crippen LogP contribution >= 0.6 is 0 Å². The Bertz CT molecular complexity index is 534. The SMILES string of the molecule is NCC1(CNc2ccc(S(N)(=O)=O)cc2)CCCCC1. The van der Waals surface area contributed by atoms with Crippen LogP contribution in [0.25, 0.3) is 0 Å². The van der Waals surface area contributed by atoms with Gasteiger partial charge in [-0.1, -0.05) is 19.3 Å². The second kappa shape index (κ2) is 6.11. The van der Waals surface area contributed by atoms with Gasteiger partial charge in [-0.2, -0.15) is 0 Å². The molecule has 1 aromatic carbocycles. The number of hydrogen-bond acceptors (Lipinski definition) is 4. The minimum absolute atomic E-state index is 0.134. The number of nitrogens with two attached hydrogens (primary N) is 2. The largest absolute Gasteiger partial charge is 0.384 e. The van der Waals surface area contributed by atoms with E-state index in [1.54, 1.807) is 12.1 Å². The summed E-state index contributed by atoms with van der Waals surface area (Å²) in [4.78, 5) is 0.134. The lowest BCUT2D eigenvalue weighted by Crippen LogP contribution is -2.39. The van der Waals surface area contributed by atoms with Crippen LogP contribution in [0.1, 0.15) is 32.1 Å². The molecule has 112 valence electrons. The van der Waals surface area contributed by atoms with E-state index >= 15 is 0 Å². The summed E-state index contributed by atoms with van der Waals surface area (Å²) >= 11 is 0. The lowest BCUT2D eigenvalue weighted by Gasteiger charge is -2.36. The van der Waals surface area contributed by atoms with Gasteiger partial charge in [0, 0.05) is 12.2 Å². The number of primary sulfonamides is 1.